The summed E-state index contributed by atoms with van der Waals surface area (Å²) in [6.45, 7) is 0.268. The lowest BCUT2D eigenvalue weighted by molar-refractivity contribution is -0.116. The maximum absolute atomic E-state index is 11.7. The molecule has 4 nitrogen and oxygen atoms in total. The Balaban J connectivity index is 2.01. The predicted molar refractivity (Wildman–Crippen MR) is 64.2 cm³/mol. The molecule has 1 amide bonds. The molecule has 84 valence electrons. The Hall–Kier alpha value is -2.54. The number of nitrogens with one attached hydrogen (secondary N) is 1. The highest BCUT2D eigenvalue weighted by Crippen LogP contribution is 2.09. The second-order valence-corrected chi connectivity index (χ2v) is 3.60. The second kappa shape index (κ2) is 4.99. The minimum Gasteiger partial charge on any atom is -0.345 e. The van der Waals surface area contributed by atoms with Crippen LogP contribution in [0.25, 0.3) is 0 Å². The van der Waals surface area contributed by atoms with Crippen molar-refractivity contribution in [1.82, 2.24) is 4.57 Å². The predicted octanol–water partition coefficient (Wildman–Crippen LogP) is 2.00. The number of anilines is 1. The van der Waals surface area contributed by atoms with Crippen LogP contribution in [0.15, 0.2) is 48.8 Å². The van der Waals surface area contributed by atoms with Crippen LogP contribution in [-0.4, -0.2) is 10.5 Å². The molecule has 0 saturated carbocycles. The SMILES string of the molecule is N#Cc1cccc(NC(=O)Cn2cccc2)c1. The van der Waals surface area contributed by atoms with Crippen LogP contribution in [0.1, 0.15) is 5.56 Å². The van der Waals surface area contributed by atoms with Gasteiger partial charge < -0.3 is 9.88 Å². The van der Waals surface area contributed by atoms with Gasteiger partial charge in [-0.25, -0.2) is 0 Å². The van der Waals surface area contributed by atoms with E-state index in [-0.39, 0.29) is 12.5 Å². The van der Waals surface area contributed by atoms with Gasteiger partial charge >= 0.3 is 0 Å². The maximum atomic E-state index is 11.7. The van der Waals surface area contributed by atoms with Crippen LogP contribution in [0, 0.1) is 11.3 Å². The Morgan fingerprint density at radius 2 is 2.06 bits per heavy atom. The van der Waals surface area contributed by atoms with Gasteiger partial charge in [0.2, 0.25) is 5.91 Å². The highest BCUT2D eigenvalue weighted by Gasteiger charge is 2.03. The number of carbonyl (C=O) groups excluding carboxylic acids is 1. The molecule has 0 radical (unpaired) electrons. The molecular formula is C13H11N3O. The second-order valence-electron chi connectivity index (χ2n) is 3.60. The number of nitriles is 1. The molecule has 0 atom stereocenters. The summed E-state index contributed by atoms with van der Waals surface area (Å²) in [5.74, 6) is -0.115. The van der Waals surface area contributed by atoms with Gasteiger partial charge in [-0.05, 0) is 30.3 Å². The van der Waals surface area contributed by atoms with Crippen molar-refractivity contribution in [3.8, 4) is 6.07 Å². The molecule has 0 fully saturated rings. The first-order chi connectivity index (χ1) is 8.28. The maximum Gasteiger partial charge on any atom is 0.244 e. The topological polar surface area (TPSA) is 57.8 Å². The zero-order valence-corrected chi connectivity index (χ0v) is 9.13. The van der Waals surface area contributed by atoms with E-state index < -0.39 is 0 Å². The number of rotatable bonds is 3. The molecule has 1 N–H and O–H groups in total. The van der Waals surface area contributed by atoms with E-state index in [1.165, 1.54) is 0 Å². The quantitative estimate of drug-likeness (QED) is 0.868. The summed E-state index contributed by atoms with van der Waals surface area (Å²) in [4.78, 5) is 11.7. The number of hydrogen-bond donors (Lipinski definition) is 1. The van der Waals surface area contributed by atoms with Crippen LogP contribution in [0.3, 0.4) is 0 Å². The average Bonchev–Trinajstić information content (AvgIpc) is 2.82. The first-order valence-corrected chi connectivity index (χ1v) is 5.19. The molecule has 0 unspecified atom stereocenters. The summed E-state index contributed by atoms with van der Waals surface area (Å²) in [6.07, 6.45) is 3.65. The van der Waals surface area contributed by atoms with Gasteiger partial charge in [0.05, 0.1) is 11.6 Å². The van der Waals surface area contributed by atoms with Crippen molar-refractivity contribution < 1.29 is 4.79 Å². The van der Waals surface area contributed by atoms with Crippen molar-refractivity contribution in [3.63, 3.8) is 0 Å². The molecule has 0 saturated heterocycles. The number of carbonyl (C=O) groups is 1. The number of amides is 1. The van der Waals surface area contributed by atoms with Crippen molar-refractivity contribution >= 4 is 11.6 Å². The average molecular weight is 225 g/mol. The Kier molecular flexibility index (Phi) is 3.22. The van der Waals surface area contributed by atoms with Gasteiger partial charge in [-0.15, -0.1) is 0 Å². The van der Waals surface area contributed by atoms with Crippen molar-refractivity contribution in [2.45, 2.75) is 6.54 Å². The molecule has 4 heteroatoms. The molecular weight excluding hydrogens is 214 g/mol. The number of hydrogen-bond acceptors (Lipinski definition) is 2. The van der Waals surface area contributed by atoms with Crippen LogP contribution >= 0.6 is 0 Å². The Labute approximate surface area is 99.1 Å². The molecule has 2 aromatic rings. The van der Waals surface area contributed by atoms with Gasteiger partial charge in [-0.1, -0.05) is 6.07 Å². The minimum atomic E-state index is -0.115. The van der Waals surface area contributed by atoms with Gasteiger partial charge in [-0.3, -0.25) is 4.79 Å². The molecule has 1 aromatic carbocycles. The van der Waals surface area contributed by atoms with E-state index in [0.29, 0.717) is 11.3 Å². The van der Waals surface area contributed by atoms with Gasteiger partial charge in [0.1, 0.15) is 6.54 Å². The molecule has 1 heterocycles. The molecule has 0 aliphatic carbocycles. The van der Waals surface area contributed by atoms with Crippen LogP contribution < -0.4 is 5.32 Å². The standard InChI is InChI=1S/C13H11N3O/c14-9-11-4-3-5-12(8-11)15-13(17)10-16-6-1-2-7-16/h1-8H,10H2,(H,15,17). The van der Waals surface area contributed by atoms with Crippen molar-refractivity contribution in [2.75, 3.05) is 5.32 Å². The third-order valence-corrected chi connectivity index (χ3v) is 2.27. The van der Waals surface area contributed by atoms with E-state index in [2.05, 4.69) is 5.32 Å². The van der Waals surface area contributed by atoms with Crippen LogP contribution in [0.2, 0.25) is 0 Å². The lowest BCUT2D eigenvalue weighted by Gasteiger charge is -2.06. The van der Waals surface area contributed by atoms with Crippen LogP contribution in [0.4, 0.5) is 5.69 Å². The first-order valence-electron chi connectivity index (χ1n) is 5.19. The lowest BCUT2D eigenvalue weighted by atomic mass is 10.2. The number of nitrogens with zero attached hydrogens (tertiary/aromatic N) is 2. The van der Waals surface area contributed by atoms with E-state index in [9.17, 15) is 4.79 Å². The van der Waals surface area contributed by atoms with Gasteiger partial charge in [0, 0.05) is 18.1 Å². The van der Waals surface area contributed by atoms with E-state index in [1.807, 2.05) is 30.6 Å². The van der Waals surface area contributed by atoms with Crippen molar-refractivity contribution in [2.24, 2.45) is 0 Å². The Morgan fingerprint density at radius 1 is 1.29 bits per heavy atom. The normalized spacial score (nSPS) is 9.59. The number of aromatic nitrogens is 1. The highest BCUT2D eigenvalue weighted by molar-refractivity contribution is 5.90. The molecule has 0 spiro atoms. The summed E-state index contributed by atoms with van der Waals surface area (Å²) < 4.78 is 1.78. The Morgan fingerprint density at radius 3 is 2.76 bits per heavy atom. The molecule has 0 aliphatic rings. The largest absolute Gasteiger partial charge is 0.345 e. The number of benzene rings is 1. The molecule has 1 aromatic heterocycles. The molecule has 2 rings (SSSR count). The zero-order valence-electron chi connectivity index (χ0n) is 9.13. The highest BCUT2D eigenvalue weighted by atomic mass is 16.1. The van der Waals surface area contributed by atoms with Crippen molar-refractivity contribution in [1.29, 1.82) is 5.26 Å². The summed E-state index contributed by atoms with van der Waals surface area (Å²) in [5, 5.41) is 11.5. The summed E-state index contributed by atoms with van der Waals surface area (Å²) in [7, 11) is 0. The van der Waals surface area contributed by atoms with Gasteiger partial charge in [0.15, 0.2) is 0 Å². The third kappa shape index (κ3) is 2.95. The lowest BCUT2D eigenvalue weighted by Crippen LogP contribution is -2.17. The molecule has 0 aliphatic heterocycles. The molecule has 0 bridgehead atoms. The van der Waals surface area contributed by atoms with E-state index in [1.54, 1.807) is 28.8 Å². The first kappa shape index (κ1) is 11.0. The monoisotopic (exact) mass is 225 g/mol. The van der Waals surface area contributed by atoms with E-state index >= 15 is 0 Å². The van der Waals surface area contributed by atoms with E-state index in [0.717, 1.165) is 0 Å². The van der Waals surface area contributed by atoms with Crippen LogP contribution in [-0.2, 0) is 11.3 Å². The minimum absolute atomic E-state index is 0.115. The summed E-state index contributed by atoms with van der Waals surface area (Å²) in [6, 6.07) is 12.6. The molecule has 17 heavy (non-hydrogen) atoms. The Bertz CT molecular complexity index is 552. The van der Waals surface area contributed by atoms with E-state index in [4.69, 9.17) is 5.26 Å². The summed E-state index contributed by atoms with van der Waals surface area (Å²) >= 11 is 0. The summed E-state index contributed by atoms with van der Waals surface area (Å²) in [5.41, 5.74) is 1.17. The van der Waals surface area contributed by atoms with Gasteiger partial charge in [-0.2, -0.15) is 5.26 Å². The fourth-order valence-electron chi connectivity index (χ4n) is 1.51. The fourth-order valence-corrected chi connectivity index (χ4v) is 1.51. The fraction of sp³-hybridized carbons (Fsp3) is 0.0769. The third-order valence-electron chi connectivity index (χ3n) is 2.27. The van der Waals surface area contributed by atoms with Crippen LogP contribution in [0.5, 0.6) is 0 Å². The zero-order chi connectivity index (χ0) is 12.1. The van der Waals surface area contributed by atoms with Gasteiger partial charge in [0.25, 0.3) is 0 Å². The van der Waals surface area contributed by atoms with Crippen molar-refractivity contribution in [3.05, 3.63) is 54.4 Å². The smallest absolute Gasteiger partial charge is 0.244 e.